The summed E-state index contributed by atoms with van der Waals surface area (Å²) >= 11 is 0. The summed E-state index contributed by atoms with van der Waals surface area (Å²) in [5, 5.41) is 0. The summed E-state index contributed by atoms with van der Waals surface area (Å²) in [7, 11) is 0. The zero-order valence-corrected chi connectivity index (χ0v) is 14.7. The van der Waals surface area contributed by atoms with Crippen LogP contribution in [0.5, 0.6) is 5.75 Å². The van der Waals surface area contributed by atoms with Crippen LogP contribution in [-0.2, 0) is 20.9 Å². The van der Waals surface area contributed by atoms with Crippen LogP contribution in [0.2, 0.25) is 0 Å². The third-order valence-corrected chi connectivity index (χ3v) is 3.36. The molecule has 0 radical (unpaired) electrons. The zero-order chi connectivity index (χ0) is 17.9. The molecule has 0 heterocycles. The van der Waals surface area contributed by atoms with Gasteiger partial charge in [-0.3, -0.25) is 0 Å². The van der Waals surface area contributed by atoms with Crippen LogP contribution in [0.3, 0.4) is 0 Å². The van der Waals surface area contributed by atoms with Gasteiger partial charge in [0, 0.05) is 0 Å². The van der Waals surface area contributed by atoms with Gasteiger partial charge in [0.1, 0.15) is 12.4 Å². The van der Waals surface area contributed by atoms with E-state index in [1.165, 1.54) is 0 Å². The summed E-state index contributed by atoms with van der Waals surface area (Å²) in [5.41, 5.74) is 1.97. The Morgan fingerprint density at radius 1 is 0.960 bits per heavy atom. The van der Waals surface area contributed by atoms with Gasteiger partial charge in [-0.2, -0.15) is 0 Å². The Labute approximate surface area is 149 Å². The van der Waals surface area contributed by atoms with Gasteiger partial charge >= 0.3 is 5.97 Å². The highest BCUT2D eigenvalue weighted by molar-refractivity contribution is 5.91. The molecule has 25 heavy (non-hydrogen) atoms. The van der Waals surface area contributed by atoms with Crippen molar-refractivity contribution in [3.05, 3.63) is 71.5 Å². The third-order valence-electron chi connectivity index (χ3n) is 3.36. The summed E-state index contributed by atoms with van der Waals surface area (Å²) in [5.74, 6) is 0.551. The molecular formula is C21H24O4. The summed E-state index contributed by atoms with van der Waals surface area (Å²) < 4.78 is 16.3. The fourth-order valence-electron chi connectivity index (χ4n) is 2.13. The van der Waals surface area contributed by atoms with Crippen molar-refractivity contribution in [1.82, 2.24) is 0 Å². The molecule has 0 aromatic heterocycles. The van der Waals surface area contributed by atoms with Crippen LogP contribution in [0.15, 0.2) is 60.4 Å². The van der Waals surface area contributed by atoms with Gasteiger partial charge in [-0.15, -0.1) is 0 Å². The average molecular weight is 340 g/mol. The fraction of sp³-hybridized carbons (Fsp3) is 0.286. The van der Waals surface area contributed by atoms with E-state index >= 15 is 0 Å². The van der Waals surface area contributed by atoms with Crippen molar-refractivity contribution in [2.75, 3.05) is 13.2 Å². The van der Waals surface area contributed by atoms with Gasteiger partial charge in [0.05, 0.1) is 13.2 Å². The molecule has 132 valence electrons. The molecule has 0 atom stereocenters. The second-order valence-corrected chi connectivity index (χ2v) is 5.42. The van der Waals surface area contributed by atoms with Gasteiger partial charge in [0.15, 0.2) is 0 Å². The lowest BCUT2D eigenvalue weighted by atomic mass is 10.2. The second kappa shape index (κ2) is 10.2. The molecule has 0 saturated heterocycles. The maximum absolute atomic E-state index is 11.9. The first-order valence-corrected chi connectivity index (χ1v) is 8.51. The Bertz CT molecular complexity index is 675. The molecule has 0 bridgehead atoms. The summed E-state index contributed by atoms with van der Waals surface area (Å²) in [4.78, 5) is 11.9. The minimum atomic E-state index is -0.444. The van der Waals surface area contributed by atoms with Crippen LogP contribution in [0.1, 0.15) is 31.4 Å². The smallest absolute Gasteiger partial charge is 0.373 e. The van der Waals surface area contributed by atoms with Gasteiger partial charge in [-0.05, 0) is 42.7 Å². The molecule has 0 amide bonds. The Morgan fingerprint density at radius 3 is 2.32 bits per heavy atom. The first-order chi connectivity index (χ1) is 12.2. The summed E-state index contributed by atoms with van der Waals surface area (Å²) in [6, 6.07) is 17.5. The normalized spacial score (nSPS) is 11.0. The molecule has 0 unspecified atom stereocenters. The van der Waals surface area contributed by atoms with Crippen LogP contribution in [0.25, 0.3) is 6.08 Å². The van der Waals surface area contributed by atoms with E-state index in [4.69, 9.17) is 14.2 Å². The lowest BCUT2D eigenvalue weighted by Gasteiger charge is -2.09. The first kappa shape index (κ1) is 18.6. The van der Waals surface area contributed by atoms with Crippen molar-refractivity contribution in [3.63, 3.8) is 0 Å². The Balaban J connectivity index is 2.02. The number of ether oxygens (including phenoxy) is 3. The molecule has 0 saturated carbocycles. The maximum Gasteiger partial charge on any atom is 0.373 e. The highest BCUT2D eigenvalue weighted by atomic mass is 16.6. The van der Waals surface area contributed by atoms with Crippen LogP contribution < -0.4 is 4.74 Å². The summed E-state index contributed by atoms with van der Waals surface area (Å²) in [6.07, 6.45) is 2.51. The van der Waals surface area contributed by atoms with Crippen molar-refractivity contribution < 1.29 is 19.0 Å². The molecule has 0 aliphatic heterocycles. The van der Waals surface area contributed by atoms with Crippen molar-refractivity contribution in [1.29, 1.82) is 0 Å². The van der Waals surface area contributed by atoms with E-state index in [9.17, 15) is 4.79 Å². The molecule has 4 nitrogen and oxygen atoms in total. The van der Waals surface area contributed by atoms with E-state index < -0.39 is 5.97 Å². The third kappa shape index (κ3) is 6.34. The fourth-order valence-corrected chi connectivity index (χ4v) is 2.13. The van der Waals surface area contributed by atoms with E-state index in [1.807, 2.05) is 61.5 Å². The largest absolute Gasteiger partial charge is 0.489 e. The average Bonchev–Trinajstić information content (AvgIpc) is 2.65. The predicted molar refractivity (Wildman–Crippen MR) is 98.1 cm³/mol. The Kier molecular flexibility index (Phi) is 7.57. The minimum Gasteiger partial charge on any atom is -0.489 e. The van der Waals surface area contributed by atoms with Gasteiger partial charge in [0.25, 0.3) is 0 Å². The first-order valence-electron chi connectivity index (χ1n) is 8.51. The molecule has 2 aromatic carbocycles. The zero-order valence-electron chi connectivity index (χ0n) is 14.7. The van der Waals surface area contributed by atoms with Crippen LogP contribution in [0.4, 0.5) is 0 Å². The number of rotatable bonds is 9. The molecule has 4 heteroatoms. The van der Waals surface area contributed by atoms with Gasteiger partial charge in [0.2, 0.25) is 5.76 Å². The van der Waals surface area contributed by atoms with Crippen LogP contribution >= 0.6 is 0 Å². The second-order valence-electron chi connectivity index (χ2n) is 5.42. The monoisotopic (exact) mass is 340 g/mol. The van der Waals surface area contributed by atoms with Crippen molar-refractivity contribution in [3.8, 4) is 5.75 Å². The number of carbonyl (C=O) groups excluding carboxylic acids is 1. The van der Waals surface area contributed by atoms with Crippen LogP contribution in [-0.4, -0.2) is 19.2 Å². The topological polar surface area (TPSA) is 44.8 Å². The molecular weight excluding hydrogens is 316 g/mol. The minimum absolute atomic E-state index is 0.224. The molecule has 0 fully saturated rings. The highest BCUT2D eigenvalue weighted by Gasteiger charge is 2.12. The van der Waals surface area contributed by atoms with Gasteiger partial charge in [-0.1, -0.05) is 49.4 Å². The van der Waals surface area contributed by atoms with Crippen molar-refractivity contribution >= 4 is 12.0 Å². The highest BCUT2D eigenvalue weighted by Crippen LogP contribution is 2.17. The predicted octanol–water partition coefficient (Wildman–Crippen LogP) is 4.60. The number of hydrogen-bond acceptors (Lipinski definition) is 4. The molecule has 2 rings (SSSR count). The maximum atomic E-state index is 11.9. The van der Waals surface area contributed by atoms with Crippen molar-refractivity contribution in [2.24, 2.45) is 0 Å². The van der Waals surface area contributed by atoms with E-state index in [-0.39, 0.29) is 5.76 Å². The number of esters is 1. The van der Waals surface area contributed by atoms with Crippen molar-refractivity contribution in [2.45, 2.75) is 26.9 Å². The SMILES string of the molecule is CCCOC(=Cc1ccc(OCc2ccccc2)cc1)C(=O)OCC. The van der Waals surface area contributed by atoms with E-state index in [0.29, 0.717) is 19.8 Å². The standard InChI is InChI=1S/C21H24O4/c1-3-14-24-20(21(22)23-4-2)15-17-10-12-19(13-11-17)25-16-18-8-6-5-7-9-18/h5-13,15H,3-4,14,16H2,1-2H3. The Morgan fingerprint density at radius 2 is 1.68 bits per heavy atom. The number of carbonyl (C=O) groups is 1. The van der Waals surface area contributed by atoms with E-state index in [1.54, 1.807) is 13.0 Å². The quantitative estimate of drug-likeness (QED) is 0.380. The van der Waals surface area contributed by atoms with E-state index in [0.717, 1.165) is 23.3 Å². The van der Waals surface area contributed by atoms with Crippen LogP contribution in [0, 0.1) is 0 Å². The lowest BCUT2D eigenvalue weighted by molar-refractivity contribution is -0.142. The molecule has 0 aliphatic carbocycles. The molecule has 0 spiro atoms. The van der Waals surface area contributed by atoms with Gasteiger partial charge in [-0.25, -0.2) is 4.79 Å². The van der Waals surface area contributed by atoms with Gasteiger partial charge < -0.3 is 14.2 Å². The summed E-state index contributed by atoms with van der Waals surface area (Å²) in [6.45, 7) is 5.07. The van der Waals surface area contributed by atoms with E-state index in [2.05, 4.69) is 0 Å². The lowest BCUT2D eigenvalue weighted by Crippen LogP contribution is -2.11. The molecule has 0 aliphatic rings. The number of benzene rings is 2. The molecule has 2 aromatic rings. The molecule has 0 N–H and O–H groups in total. The number of hydrogen-bond donors (Lipinski definition) is 0. The Hall–Kier alpha value is -2.75.